The molecule has 0 aromatic carbocycles. The van der Waals surface area contributed by atoms with Crippen molar-refractivity contribution in [2.45, 2.75) is 20.3 Å². The predicted molar refractivity (Wildman–Crippen MR) is 42.6 cm³/mol. The lowest BCUT2D eigenvalue weighted by molar-refractivity contribution is -0.125. The third-order valence-electron chi connectivity index (χ3n) is 1.23. The highest BCUT2D eigenvalue weighted by molar-refractivity contribution is 5.76. The SMILES string of the molecule is CC(C)CCOCC(=O)NN. The fraction of sp³-hybridized carbons (Fsp3) is 0.857. The molecular weight excluding hydrogens is 144 g/mol. The summed E-state index contributed by atoms with van der Waals surface area (Å²) < 4.78 is 5.01. The van der Waals surface area contributed by atoms with Crippen LogP contribution in [0.15, 0.2) is 0 Å². The van der Waals surface area contributed by atoms with E-state index in [1.165, 1.54) is 0 Å². The van der Waals surface area contributed by atoms with Crippen LogP contribution in [0.5, 0.6) is 0 Å². The molecule has 1 amide bonds. The summed E-state index contributed by atoms with van der Waals surface area (Å²) in [6.07, 6.45) is 0.970. The monoisotopic (exact) mass is 160 g/mol. The second-order valence-corrected chi connectivity index (χ2v) is 2.80. The van der Waals surface area contributed by atoms with E-state index in [0.29, 0.717) is 12.5 Å². The number of hydrogen-bond donors (Lipinski definition) is 2. The van der Waals surface area contributed by atoms with Crippen LogP contribution < -0.4 is 11.3 Å². The van der Waals surface area contributed by atoms with Crippen LogP contribution in [0.3, 0.4) is 0 Å². The Kier molecular flexibility index (Phi) is 5.78. The minimum atomic E-state index is -0.284. The number of rotatable bonds is 5. The van der Waals surface area contributed by atoms with Crippen LogP contribution in [-0.2, 0) is 9.53 Å². The number of nitrogens with one attached hydrogen (secondary N) is 1. The van der Waals surface area contributed by atoms with E-state index in [2.05, 4.69) is 13.8 Å². The van der Waals surface area contributed by atoms with E-state index in [-0.39, 0.29) is 12.5 Å². The van der Waals surface area contributed by atoms with Crippen LogP contribution in [0, 0.1) is 5.92 Å². The number of amides is 1. The largest absolute Gasteiger partial charge is 0.372 e. The van der Waals surface area contributed by atoms with Crippen LogP contribution in [0.25, 0.3) is 0 Å². The molecule has 0 heterocycles. The smallest absolute Gasteiger partial charge is 0.259 e. The summed E-state index contributed by atoms with van der Waals surface area (Å²) in [5, 5.41) is 0. The van der Waals surface area contributed by atoms with Crippen molar-refractivity contribution >= 4 is 5.91 Å². The van der Waals surface area contributed by atoms with E-state index in [1.807, 2.05) is 5.43 Å². The van der Waals surface area contributed by atoms with E-state index in [9.17, 15) is 4.79 Å². The van der Waals surface area contributed by atoms with Gasteiger partial charge in [-0.25, -0.2) is 5.84 Å². The van der Waals surface area contributed by atoms with Crippen molar-refractivity contribution in [3.05, 3.63) is 0 Å². The maximum absolute atomic E-state index is 10.5. The number of ether oxygens (including phenoxy) is 1. The molecule has 0 fully saturated rings. The van der Waals surface area contributed by atoms with Gasteiger partial charge in [0.1, 0.15) is 6.61 Å². The van der Waals surface area contributed by atoms with E-state index < -0.39 is 0 Å². The van der Waals surface area contributed by atoms with Gasteiger partial charge in [-0.2, -0.15) is 0 Å². The molecular formula is C7H16N2O2. The van der Waals surface area contributed by atoms with Crippen molar-refractivity contribution < 1.29 is 9.53 Å². The van der Waals surface area contributed by atoms with E-state index in [1.54, 1.807) is 0 Å². The van der Waals surface area contributed by atoms with Crippen LogP contribution in [0.1, 0.15) is 20.3 Å². The lowest BCUT2D eigenvalue weighted by Crippen LogP contribution is -2.33. The molecule has 3 N–H and O–H groups in total. The van der Waals surface area contributed by atoms with Gasteiger partial charge in [0.05, 0.1) is 0 Å². The zero-order valence-electron chi connectivity index (χ0n) is 7.09. The summed E-state index contributed by atoms with van der Waals surface area (Å²) in [4.78, 5) is 10.5. The van der Waals surface area contributed by atoms with Crippen LogP contribution in [0.2, 0.25) is 0 Å². The molecule has 0 aliphatic heterocycles. The predicted octanol–water partition coefficient (Wildman–Crippen LogP) is 0.0390. The van der Waals surface area contributed by atoms with E-state index >= 15 is 0 Å². The molecule has 0 aromatic heterocycles. The highest BCUT2D eigenvalue weighted by Gasteiger charge is 1.98. The van der Waals surface area contributed by atoms with Crippen LogP contribution in [-0.4, -0.2) is 19.1 Å². The Bertz CT molecular complexity index is 115. The molecule has 0 aliphatic carbocycles. The molecule has 0 bridgehead atoms. The Morgan fingerprint density at radius 2 is 2.27 bits per heavy atom. The van der Waals surface area contributed by atoms with Gasteiger partial charge in [0, 0.05) is 6.61 Å². The number of carbonyl (C=O) groups excluding carboxylic acids is 1. The number of carbonyl (C=O) groups is 1. The zero-order chi connectivity index (χ0) is 8.69. The fourth-order valence-corrected chi connectivity index (χ4v) is 0.526. The molecule has 66 valence electrons. The molecule has 0 aromatic rings. The van der Waals surface area contributed by atoms with Gasteiger partial charge in [-0.05, 0) is 12.3 Å². The average molecular weight is 160 g/mol. The Morgan fingerprint density at radius 3 is 2.73 bits per heavy atom. The molecule has 0 spiro atoms. The molecule has 0 saturated carbocycles. The van der Waals surface area contributed by atoms with E-state index in [4.69, 9.17) is 10.6 Å². The highest BCUT2D eigenvalue weighted by atomic mass is 16.5. The van der Waals surface area contributed by atoms with Crippen molar-refractivity contribution in [1.82, 2.24) is 5.43 Å². The normalized spacial score (nSPS) is 10.2. The molecule has 0 atom stereocenters. The van der Waals surface area contributed by atoms with Crippen molar-refractivity contribution in [3.8, 4) is 0 Å². The Morgan fingerprint density at radius 1 is 1.64 bits per heavy atom. The Hall–Kier alpha value is -0.610. The second kappa shape index (κ2) is 6.12. The third-order valence-corrected chi connectivity index (χ3v) is 1.23. The maximum Gasteiger partial charge on any atom is 0.259 e. The number of hydrazine groups is 1. The molecule has 0 aliphatic rings. The number of nitrogens with two attached hydrogens (primary N) is 1. The summed E-state index contributed by atoms with van der Waals surface area (Å²) in [5.74, 6) is 5.16. The summed E-state index contributed by atoms with van der Waals surface area (Å²) in [6, 6.07) is 0. The van der Waals surface area contributed by atoms with Crippen LogP contribution >= 0.6 is 0 Å². The van der Waals surface area contributed by atoms with E-state index in [0.717, 1.165) is 6.42 Å². The molecule has 0 unspecified atom stereocenters. The first-order valence-electron chi connectivity index (χ1n) is 3.74. The summed E-state index contributed by atoms with van der Waals surface area (Å²) in [5.41, 5.74) is 1.99. The lowest BCUT2D eigenvalue weighted by atomic mass is 10.1. The molecule has 0 rings (SSSR count). The molecule has 4 heteroatoms. The minimum absolute atomic E-state index is 0.0587. The summed E-state index contributed by atoms with van der Waals surface area (Å²) >= 11 is 0. The summed E-state index contributed by atoms with van der Waals surface area (Å²) in [6.45, 7) is 4.88. The first-order chi connectivity index (χ1) is 5.16. The van der Waals surface area contributed by atoms with Gasteiger partial charge in [0.15, 0.2) is 0 Å². The molecule has 0 radical (unpaired) electrons. The Balaban J connectivity index is 3.08. The second-order valence-electron chi connectivity index (χ2n) is 2.80. The van der Waals surface area contributed by atoms with Gasteiger partial charge < -0.3 is 4.74 Å². The Labute approximate surface area is 67.1 Å². The van der Waals surface area contributed by atoms with Gasteiger partial charge in [-0.3, -0.25) is 10.2 Å². The lowest BCUT2D eigenvalue weighted by Gasteiger charge is -2.04. The molecule has 0 saturated heterocycles. The molecule has 11 heavy (non-hydrogen) atoms. The first-order valence-corrected chi connectivity index (χ1v) is 3.74. The fourth-order valence-electron chi connectivity index (χ4n) is 0.526. The minimum Gasteiger partial charge on any atom is -0.372 e. The molecule has 4 nitrogen and oxygen atoms in total. The topological polar surface area (TPSA) is 64.3 Å². The van der Waals surface area contributed by atoms with Gasteiger partial charge in [-0.1, -0.05) is 13.8 Å². The highest BCUT2D eigenvalue weighted by Crippen LogP contribution is 1.98. The standard InChI is InChI=1S/C7H16N2O2/c1-6(2)3-4-11-5-7(10)9-8/h6H,3-5,8H2,1-2H3,(H,9,10). The van der Waals surface area contributed by atoms with Crippen molar-refractivity contribution in [1.29, 1.82) is 0 Å². The van der Waals surface area contributed by atoms with Crippen molar-refractivity contribution in [2.24, 2.45) is 11.8 Å². The third kappa shape index (κ3) is 7.29. The van der Waals surface area contributed by atoms with Crippen molar-refractivity contribution in [3.63, 3.8) is 0 Å². The summed E-state index contributed by atoms with van der Waals surface area (Å²) in [7, 11) is 0. The quantitative estimate of drug-likeness (QED) is 0.258. The first kappa shape index (κ1) is 10.4. The van der Waals surface area contributed by atoms with Crippen molar-refractivity contribution in [2.75, 3.05) is 13.2 Å². The van der Waals surface area contributed by atoms with Gasteiger partial charge >= 0.3 is 0 Å². The zero-order valence-corrected chi connectivity index (χ0v) is 7.09. The number of hydrogen-bond acceptors (Lipinski definition) is 3. The van der Waals surface area contributed by atoms with Gasteiger partial charge in [0.25, 0.3) is 5.91 Å². The average Bonchev–Trinajstić information content (AvgIpc) is 1.97. The van der Waals surface area contributed by atoms with Crippen LogP contribution in [0.4, 0.5) is 0 Å². The maximum atomic E-state index is 10.5. The van der Waals surface area contributed by atoms with Gasteiger partial charge in [-0.15, -0.1) is 0 Å². The van der Waals surface area contributed by atoms with Gasteiger partial charge in [0.2, 0.25) is 0 Å².